The highest BCUT2D eigenvalue weighted by Gasteiger charge is 2.17. The van der Waals surface area contributed by atoms with E-state index in [-0.39, 0.29) is 11.1 Å². The van der Waals surface area contributed by atoms with Gasteiger partial charge in [0.05, 0.1) is 5.56 Å². The molecular formula is C13H6Br2F2O. The van der Waals surface area contributed by atoms with Gasteiger partial charge in [-0.1, -0.05) is 15.9 Å². The second-order valence-electron chi connectivity index (χ2n) is 3.58. The number of benzene rings is 2. The van der Waals surface area contributed by atoms with Crippen molar-refractivity contribution in [3.05, 3.63) is 68.1 Å². The van der Waals surface area contributed by atoms with Gasteiger partial charge in [0.2, 0.25) is 0 Å². The van der Waals surface area contributed by atoms with Gasteiger partial charge >= 0.3 is 0 Å². The Kier molecular flexibility index (Phi) is 3.92. The summed E-state index contributed by atoms with van der Waals surface area (Å²) in [4.78, 5) is 12.1. The van der Waals surface area contributed by atoms with Gasteiger partial charge in [-0.25, -0.2) is 8.78 Å². The Morgan fingerprint density at radius 3 is 2.33 bits per heavy atom. The van der Waals surface area contributed by atoms with Crippen molar-refractivity contribution in [3.63, 3.8) is 0 Å². The quantitative estimate of drug-likeness (QED) is 0.694. The van der Waals surface area contributed by atoms with E-state index in [1.165, 1.54) is 30.3 Å². The van der Waals surface area contributed by atoms with Gasteiger partial charge in [-0.15, -0.1) is 0 Å². The number of ketones is 1. The molecule has 0 heterocycles. The Morgan fingerprint density at radius 2 is 1.67 bits per heavy atom. The van der Waals surface area contributed by atoms with Crippen LogP contribution in [0.3, 0.4) is 0 Å². The van der Waals surface area contributed by atoms with E-state index in [1.807, 2.05) is 0 Å². The number of rotatable bonds is 2. The summed E-state index contributed by atoms with van der Waals surface area (Å²) < 4.78 is 27.4. The molecule has 2 rings (SSSR count). The lowest BCUT2D eigenvalue weighted by Gasteiger charge is -2.05. The second kappa shape index (κ2) is 5.28. The van der Waals surface area contributed by atoms with Crippen LogP contribution in [-0.4, -0.2) is 5.78 Å². The van der Waals surface area contributed by atoms with E-state index in [4.69, 9.17) is 0 Å². The molecule has 5 heteroatoms. The van der Waals surface area contributed by atoms with Crippen molar-refractivity contribution in [2.45, 2.75) is 0 Å². The molecule has 1 nitrogen and oxygen atoms in total. The van der Waals surface area contributed by atoms with Gasteiger partial charge in [0.1, 0.15) is 11.6 Å². The molecule has 0 saturated heterocycles. The van der Waals surface area contributed by atoms with Gasteiger partial charge in [-0.05, 0) is 52.3 Å². The minimum atomic E-state index is -0.612. The summed E-state index contributed by atoms with van der Waals surface area (Å²) in [5, 5.41) is 0. The molecular weight excluding hydrogens is 370 g/mol. The summed E-state index contributed by atoms with van der Waals surface area (Å²) in [5.74, 6) is -1.58. The van der Waals surface area contributed by atoms with Crippen LogP contribution in [0.2, 0.25) is 0 Å². The van der Waals surface area contributed by atoms with E-state index in [9.17, 15) is 13.6 Å². The van der Waals surface area contributed by atoms with Gasteiger partial charge in [0.25, 0.3) is 0 Å². The van der Waals surface area contributed by atoms with Crippen LogP contribution in [0.4, 0.5) is 8.78 Å². The van der Waals surface area contributed by atoms with Crippen LogP contribution in [0.15, 0.2) is 45.3 Å². The summed E-state index contributed by atoms with van der Waals surface area (Å²) in [5.41, 5.74) is 0.157. The van der Waals surface area contributed by atoms with Crippen LogP contribution in [0.1, 0.15) is 15.9 Å². The molecule has 0 aliphatic carbocycles. The van der Waals surface area contributed by atoms with Crippen molar-refractivity contribution < 1.29 is 13.6 Å². The number of hydrogen-bond acceptors (Lipinski definition) is 1. The maximum Gasteiger partial charge on any atom is 0.197 e. The molecule has 0 aliphatic rings. The Hall–Kier alpha value is -1.07. The van der Waals surface area contributed by atoms with Gasteiger partial charge in [0.15, 0.2) is 5.78 Å². The molecule has 18 heavy (non-hydrogen) atoms. The minimum Gasteiger partial charge on any atom is -0.288 e. The van der Waals surface area contributed by atoms with E-state index in [0.29, 0.717) is 8.95 Å². The first kappa shape index (κ1) is 13.4. The van der Waals surface area contributed by atoms with Gasteiger partial charge in [-0.2, -0.15) is 0 Å². The second-order valence-corrected chi connectivity index (χ2v) is 5.35. The molecule has 0 fully saturated rings. The molecule has 0 amide bonds. The van der Waals surface area contributed by atoms with Crippen molar-refractivity contribution in [1.82, 2.24) is 0 Å². The average molecular weight is 376 g/mol. The van der Waals surface area contributed by atoms with E-state index in [0.717, 1.165) is 6.07 Å². The molecule has 0 spiro atoms. The molecule has 0 aliphatic heterocycles. The van der Waals surface area contributed by atoms with Crippen molar-refractivity contribution in [2.24, 2.45) is 0 Å². The molecule has 0 saturated carbocycles. The Morgan fingerprint density at radius 1 is 0.944 bits per heavy atom. The fraction of sp³-hybridized carbons (Fsp3) is 0. The number of halogens is 4. The van der Waals surface area contributed by atoms with Crippen molar-refractivity contribution in [2.75, 3.05) is 0 Å². The molecule has 2 aromatic rings. The molecule has 0 N–H and O–H groups in total. The first-order chi connectivity index (χ1) is 8.49. The van der Waals surface area contributed by atoms with Crippen LogP contribution < -0.4 is 0 Å². The summed E-state index contributed by atoms with van der Waals surface area (Å²) >= 11 is 6.27. The molecule has 0 bridgehead atoms. The van der Waals surface area contributed by atoms with E-state index in [1.54, 1.807) is 0 Å². The van der Waals surface area contributed by atoms with E-state index in [2.05, 4.69) is 31.9 Å². The Labute approximate surface area is 119 Å². The maximum atomic E-state index is 13.6. The zero-order valence-corrected chi connectivity index (χ0v) is 12.1. The van der Waals surface area contributed by atoms with E-state index >= 15 is 0 Å². The Bertz CT molecular complexity index is 626. The highest BCUT2D eigenvalue weighted by molar-refractivity contribution is 9.10. The van der Waals surface area contributed by atoms with Crippen LogP contribution in [0, 0.1) is 11.6 Å². The fourth-order valence-corrected chi connectivity index (χ4v) is 2.38. The first-order valence-electron chi connectivity index (χ1n) is 4.94. The lowest BCUT2D eigenvalue weighted by Crippen LogP contribution is -2.05. The van der Waals surface area contributed by atoms with Crippen molar-refractivity contribution in [1.29, 1.82) is 0 Å². The largest absolute Gasteiger partial charge is 0.288 e. The summed E-state index contributed by atoms with van der Waals surface area (Å²) in [6.45, 7) is 0. The lowest BCUT2D eigenvalue weighted by atomic mass is 10.0. The predicted molar refractivity (Wildman–Crippen MR) is 71.6 cm³/mol. The third-order valence-corrected chi connectivity index (χ3v) is 3.50. The average Bonchev–Trinajstić information content (AvgIpc) is 2.31. The van der Waals surface area contributed by atoms with Crippen LogP contribution in [0.25, 0.3) is 0 Å². The SMILES string of the molecule is O=C(c1cc(Br)ccc1F)c1ccc(F)cc1Br. The minimum absolute atomic E-state index is 0.0586. The molecule has 0 atom stereocenters. The normalized spacial score (nSPS) is 10.4. The zero-order chi connectivity index (χ0) is 13.3. The maximum absolute atomic E-state index is 13.6. The highest BCUT2D eigenvalue weighted by atomic mass is 79.9. The number of carbonyl (C=O) groups is 1. The molecule has 92 valence electrons. The Balaban J connectivity index is 2.51. The smallest absolute Gasteiger partial charge is 0.197 e. The third kappa shape index (κ3) is 2.67. The van der Waals surface area contributed by atoms with Gasteiger partial charge in [0, 0.05) is 14.5 Å². The zero-order valence-electron chi connectivity index (χ0n) is 8.88. The molecule has 0 unspecified atom stereocenters. The summed E-state index contributed by atoms with van der Waals surface area (Å²) in [7, 11) is 0. The molecule has 2 aromatic carbocycles. The van der Waals surface area contributed by atoms with Crippen molar-refractivity contribution in [3.8, 4) is 0 Å². The monoisotopic (exact) mass is 374 g/mol. The van der Waals surface area contributed by atoms with Crippen molar-refractivity contribution >= 4 is 37.6 Å². The van der Waals surface area contributed by atoms with Crippen LogP contribution >= 0.6 is 31.9 Å². The first-order valence-corrected chi connectivity index (χ1v) is 6.52. The number of carbonyl (C=O) groups excluding carboxylic acids is 1. The number of hydrogen-bond donors (Lipinski definition) is 0. The molecule has 0 radical (unpaired) electrons. The van der Waals surface area contributed by atoms with E-state index < -0.39 is 17.4 Å². The summed E-state index contributed by atoms with van der Waals surface area (Å²) in [6.07, 6.45) is 0. The topological polar surface area (TPSA) is 17.1 Å². The third-order valence-electron chi connectivity index (χ3n) is 2.35. The summed E-state index contributed by atoms with van der Waals surface area (Å²) in [6, 6.07) is 7.76. The highest BCUT2D eigenvalue weighted by Crippen LogP contribution is 2.24. The standard InChI is InChI=1S/C13H6Br2F2O/c14-7-1-4-12(17)10(5-7)13(18)9-3-2-8(16)6-11(9)15/h1-6H. The predicted octanol–water partition coefficient (Wildman–Crippen LogP) is 4.72. The van der Waals surface area contributed by atoms with Gasteiger partial charge < -0.3 is 0 Å². The van der Waals surface area contributed by atoms with Crippen LogP contribution in [0.5, 0.6) is 0 Å². The molecule has 0 aromatic heterocycles. The van der Waals surface area contributed by atoms with Gasteiger partial charge in [-0.3, -0.25) is 4.79 Å². The van der Waals surface area contributed by atoms with Crippen LogP contribution in [-0.2, 0) is 0 Å². The lowest BCUT2D eigenvalue weighted by molar-refractivity contribution is 0.103. The fourth-order valence-electron chi connectivity index (χ4n) is 1.49.